The number of hydrogen-bond acceptors (Lipinski definition) is 3. The molecule has 4 nitrogen and oxygen atoms in total. The molecule has 0 atom stereocenters. The highest BCUT2D eigenvalue weighted by Crippen LogP contribution is 2.10. The van der Waals surface area contributed by atoms with E-state index in [2.05, 4.69) is 24.1 Å². The lowest BCUT2D eigenvalue weighted by molar-refractivity contribution is -0.117. The van der Waals surface area contributed by atoms with Crippen LogP contribution in [-0.2, 0) is 4.79 Å². The Bertz CT molecular complexity index is 449. The van der Waals surface area contributed by atoms with Gasteiger partial charge >= 0.3 is 0 Å². The highest BCUT2D eigenvalue weighted by molar-refractivity contribution is 5.92. The van der Waals surface area contributed by atoms with Gasteiger partial charge in [0, 0.05) is 11.7 Å². The molecule has 0 bridgehead atoms. The molecule has 1 aromatic carbocycles. The second-order valence-corrected chi connectivity index (χ2v) is 4.40. The lowest BCUT2D eigenvalue weighted by atomic mass is 10.2. The van der Waals surface area contributed by atoms with E-state index in [0.717, 1.165) is 6.54 Å². The number of benzene rings is 1. The summed E-state index contributed by atoms with van der Waals surface area (Å²) in [4.78, 5) is 13.9. The molecule has 96 valence electrons. The van der Waals surface area contributed by atoms with Crippen molar-refractivity contribution in [1.29, 1.82) is 5.26 Å². The van der Waals surface area contributed by atoms with Gasteiger partial charge in [0.1, 0.15) is 0 Å². The quantitative estimate of drug-likeness (QED) is 0.865. The summed E-state index contributed by atoms with van der Waals surface area (Å²) in [5.41, 5.74) is 1.21. The predicted molar refractivity (Wildman–Crippen MR) is 72.2 cm³/mol. The van der Waals surface area contributed by atoms with E-state index < -0.39 is 0 Å². The van der Waals surface area contributed by atoms with E-state index in [1.54, 1.807) is 24.3 Å². The van der Waals surface area contributed by atoms with Gasteiger partial charge in [-0.1, -0.05) is 13.0 Å². The van der Waals surface area contributed by atoms with Crippen molar-refractivity contribution in [3.05, 3.63) is 29.8 Å². The van der Waals surface area contributed by atoms with Crippen molar-refractivity contribution >= 4 is 11.6 Å². The van der Waals surface area contributed by atoms with Crippen LogP contribution < -0.4 is 5.32 Å². The maximum absolute atomic E-state index is 11.9. The number of anilines is 1. The van der Waals surface area contributed by atoms with Gasteiger partial charge in [-0.15, -0.1) is 0 Å². The van der Waals surface area contributed by atoms with Crippen LogP contribution in [-0.4, -0.2) is 29.9 Å². The molecule has 0 saturated carbocycles. The second-order valence-electron chi connectivity index (χ2n) is 4.40. The minimum Gasteiger partial charge on any atom is -0.325 e. The van der Waals surface area contributed by atoms with E-state index in [-0.39, 0.29) is 5.91 Å². The summed E-state index contributed by atoms with van der Waals surface area (Å²) in [6.07, 6.45) is 0. The minimum absolute atomic E-state index is 0.0550. The van der Waals surface area contributed by atoms with Gasteiger partial charge in [-0.3, -0.25) is 9.69 Å². The van der Waals surface area contributed by atoms with Crippen molar-refractivity contribution in [2.75, 3.05) is 18.4 Å². The van der Waals surface area contributed by atoms with E-state index in [9.17, 15) is 4.79 Å². The fourth-order valence-electron chi connectivity index (χ4n) is 1.71. The fourth-order valence-corrected chi connectivity index (χ4v) is 1.71. The largest absolute Gasteiger partial charge is 0.325 e. The lowest BCUT2D eigenvalue weighted by Gasteiger charge is -2.23. The minimum atomic E-state index is -0.0550. The van der Waals surface area contributed by atoms with E-state index in [1.807, 2.05) is 13.0 Å². The molecule has 18 heavy (non-hydrogen) atoms. The molecular weight excluding hydrogens is 226 g/mol. The van der Waals surface area contributed by atoms with Crippen molar-refractivity contribution in [1.82, 2.24) is 4.90 Å². The summed E-state index contributed by atoms with van der Waals surface area (Å²) in [5, 5.41) is 11.6. The molecule has 1 N–H and O–H groups in total. The number of rotatable bonds is 5. The standard InChI is InChI=1S/C14H19N3O/c1-4-17(11(2)3)10-14(18)16-13-7-5-6-12(8-13)9-15/h5-8,11H,4,10H2,1-3H3,(H,16,18). The molecule has 0 spiro atoms. The molecule has 1 aromatic rings. The van der Waals surface area contributed by atoms with E-state index in [1.165, 1.54) is 0 Å². The second kappa shape index (κ2) is 6.77. The summed E-state index contributed by atoms with van der Waals surface area (Å²) < 4.78 is 0. The maximum atomic E-state index is 11.9. The van der Waals surface area contributed by atoms with Crippen molar-refractivity contribution in [2.24, 2.45) is 0 Å². The molecule has 0 fully saturated rings. The van der Waals surface area contributed by atoms with Gasteiger partial charge in [-0.2, -0.15) is 5.26 Å². The number of amides is 1. The summed E-state index contributed by atoms with van der Waals surface area (Å²) in [6.45, 7) is 7.36. The van der Waals surface area contributed by atoms with Gasteiger partial charge in [0.05, 0.1) is 18.2 Å². The summed E-state index contributed by atoms with van der Waals surface area (Å²) in [5.74, 6) is -0.0550. The topological polar surface area (TPSA) is 56.1 Å². The number of carbonyl (C=O) groups is 1. The molecule has 0 aliphatic rings. The number of nitriles is 1. The molecule has 0 saturated heterocycles. The smallest absolute Gasteiger partial charge is 0.238 e. The molecule has 1 amide bonds. The first kappa shape index (κ1) is 14.2. The highest BCUT2D eigenvalue weighted by Gasteiger charge is 2.12. The van der Waals surface area contributed by atoms with Crippen LogP contribution in [0.25, 0.3) is 0 Å². The zero-order valence-electron chi connectivity index (χ0n) is 11.1. The Hall–Kier alpha value is -1.86. The molecule has 1 rings (SSSR count). The van der Waals surface area contributed by atoms with Crippen molar-refractivity contribution < 1.29 is 4.79 Å². The molecule has 4 heteroatoms. The zero-order chi connectivity index (χ0) is 13.5. The number of carbonyl (C=O) groups excluding carboxylic acids is 1. The number of likely N-dealkylation sites (N-methyl/N-ethyl adjacent to an activating group) is 1. The normalized spacial score (nSPS) is 10.4. The summed E-state index contributed by atoms with van der Waals surface area (Å²) >= 11 is 0. The Morgan fingerprint density at radius 1 is 1.50 bits per heavy atom. The summed E-state index contributed by atoms with van der Waals surface area (Å²) in [6, 6.07) is 9.31. The van der Waals surface area contributed by atoms with Crippen molar-refractivity contribution in [2.45, 2.75) is 26.8 Å². The Kier molecular flexibility index (Phi) is 5.34. The molecular formula is C14H19N3O. The van der Waals surface area contributed by atoms with E-state index >= 15 is 0 Å². The van der Waals surface area contributed by atoms with Gasteiger partial charge < -0.3 is 5.32 Å². The zero-order valence-corrected chi connectivity index (χ0v) is 11.1. The first-order valence-electron chi connectivity index (χ1n) is 6.11. The molecule has 0 aliphatic heterocycles. The van der Waals surface area contributed by atoms with Gasteiger partial charge in [0.25, 0.3) is 0 Å². The van der Waals surface area contributed by atoms with Crippen LogP contribution in [0.1, 0.15) is 26.3 Å². The van der Waals surface area contributed by atoms with Crippen molar-refractivity contribution in [3.63, 3.8) is 0 Å². The SMILES string of the molecule is CCN(CC(=O)Nc1cccc(C#N)c1)C(C)C. The van der Waals surface area contributed by atoms with Gasteiger partial charge in [0.15, 0.2) is 0 Å². The molecule has 0 heterocycles. The van der Waals surface area contributed by atoms with Crippen LogP contribution in [0.3, 0.4) is 0 Å². The average Bonchev–Trinajstić information content (AvgIpc) is 2.35. The third-order valence-electron chi connectivity index (χ3n) is 2.76. The molecule has 0 aliphatic carbocycles. The third-order valence-corrected chi connectivity index (χ3v) is 2.76. The van der Waals surface area contributed by atoms with E-state index in [4.69, 9.17) is 5.26 Å². The Morgan fingerprint density at radius 3 is 2.78 bits per heavy atom. The Labute approximate surface area is 108 Å². The lowest BCUT2D eigenvalue weighted by Crippen LogP contribution is -2.37. The highest BCUT2D eigenvalue weighted by atomic mass is 16.2. The Balaban J connectivity index is 2.62. The van der Waals surface area contributed by atoms with Gasteiger partial charge in [0.2, 0.25) is 5.91 Å². The molecule has 0 radical (unpaired) electrons. The predicted octanol–water partition coefficient (Wildman–Crippen LogP) is 2.23. The van der Waals surface area contributed by atoms with Crippen LogP contribution in [0.15, 0.2) is 24.3 Å². The first-order chi connectivity index (χ1) is 8.56. The molecule has 0 aromatic heterocycles. The van der Waals surface area contributed by atoms with Crippen LogP contribution in [0.4, 0.5) is 5.69 Å². The van der Waals surface area contributed by atoms with Crippen LogP contribution in [0, 0.1) is 11.3 Å². The third kappa shape index (κ3) is 4.19. The molecule has 0 unspecified atom stereocenters. The number of nitrogens with one attached hydrogen (secondary N) is 1. The monoisotopic (exact) mass is 245 g/mol. The Morgan fingerprint density at radius 2 is 2.22 bits per heavy atom. The average molecular weight is 245 g/mol. The number of hydrogen-bond donors (Lipinski definition) is 1. The number of nitrogens with zero attached hydrogens (tertiary/aromatic N) is 2. The first-order valence-corrected chi connectivity index (χ1v) is 6.11. The van der Waals surface area contributed by atoms with Gasteiger partial charge in [-0.05, 0) is 38.6 Å². The van der Waals surface area contributed by atoms with Crippen molar-refractivity contribution in [3.8, 4) is 6.07 Å². The fraction of sp³-hybridized carbons (Fsp3) is 0.429. The summed E-state index contributed by atoms with van der Waals surface area (Å²) in [7, 11) is 0. The van der Waals surface area contributed by atoms with E-state index in [0.29, 0.717) is 23.8 Å². The van der Waals surface area contributed by atoms with Gasteiger partial charge in [-0.25, -0.2) is 0 Å². The van der Waals surface area contributed by atoms with Crippen LogP contribution >= 0.6 is 0 Å². The van der Waals surface area contributed by atoms with Crippen LogP contribution in [0.2, 0.25) is 0 Å². The maximum Gasteiger partial charge on any atom is 0.238 e. The van der Waals surface area contributed by atoms with Crippen LogP contribution in [0.5, 0.6) is 0 Å².